The van der Waals surface area contributed by atoms with Gasteiger partial charge in [0, 0.05) is 24.2 Å². The van der Waals surface area contributed by atoms with Crippen molar-refractivity contribution in [2.75, 3.05) is 18.1 Å². The number of aromatic nitrogens is 2. The number of hydrogen-bond donors (Lipinski definition) is 0. The van der Waals surface area contributed by atoms with Gasteiger partial charge in [0.05, 0.1) is 18.1 Å². The first kappa shape index (κ1) is 19.9. The van der Waals surface area contributed by atoms with E-state index >= 15 is 0 Å². The van der Waals surface area contributed by atoms with E-state index in [0.29, 0.717) is 18.9 Å². The van der Waals surface area contributed by atoms with Gasteiger partial charge in [0.25, 0.3) is 0 Å². The first-order chi connectivity index (χ1) is 14.3. The molecule has 1 atom stereocenters. The van der Waals surface area contributed by atoms with Crippen LogP contribution in [0, 0.1) is 0 Å². The first-order valence-corrected chi connectivity index (χ1v) is 9.39. The van der Waals surface area contributed by atoms with Gasteiger partial charge in [-0.3, -0.25) is 4.79 Å². The minimum atomic E-state index is -4.46. The second-order valence-corrected chi connectivity index (χ2v) is 6.87. The summed E-state index contributed by atoms with van der Waals surface area (Å²) in [6.45, 7) is 2.78. The molecule has 1 saturated heterocycles. The van der Waals surface area contributed by atoms with Crippen molar-refractivity contribution in [1.82, 2.24) is 10.1 Å². The molecule has 9 heteroatoms. The number of rotatable bonds is 5. The second-order valence-electron chi connectivity index (χ2n) is 6.87. The fraction of sp³-hybridized carbons (Fsp3) is 0.286. The largest absolute Gasteiger partial charge is 0.494 e. The van der Waals surface area contributed by atoms with Crippen LogP contribution in [-0.2, 0) is 11.0 Å². The highest BCUT2D eigenvalue weighted by Gasteiger charge is 2.35. The van der Waals surface area contributed by atoms with Crippen molar-refractivity contribution in [1.29, 1.82) is 0 Å². The average molecular weight is 417 g/mol. The molecule has 0 aliphatic carbocycles. The smallest absolute Gasteiger partial charge is 0.416 e. The molecule has 0 radical (unpaired) electrons. The molecule has 1 amide bonds. The van der Waals surface area contributed by atoms with Crippen LogP contribution in [0.4, 0.5) is 18.9 Å². The van der Waals surface area contributed by atoms with Gasteiger partial charge < -0.3 is 14.2 Å². The molecule has 6 nitrogen and oxygen atoms in total. The van der Waals surface area contributed by atoms with Gasteiger partial charge in [-0.15, -0.1) is 0 Å². The highest BCUT2D eigenvalue weighted by Crippen LogP contribution is 2.34. The maximum atomic E-state index is 12.9. The lowest BCUT2D eigenvalue weighted by Gasteiger charge is -2.16. The van der Waals surface area contributed by atoms with E-state index in [4.69, 9.17) is 9.26 Å². The summed E-state index contributed by atoms with van der Waals surface area (Å²) in [7, 11) is 0. The summed E-state index contributed by atoms with van der Waals surface area (Å²) in [5.74, 6) is 0.568. The summed E-state index contributed by atoms with van der Waals surface area (Å²) >= 11 is 0. The van der Waals surface area contributed by atoms with Gasteiger partial charge in [-0.05, 0) is 43.3 Å². The minimum Gasteiger partial charge on any atom is -0.494 e. The molecule has 1 unspecified atom stereocenters. The number of anilines is 1. The molecule has 3 aromatic rings. The number of carbonyl (C=O) groups excluding carboxylic acids is 1. The van der Waals surface area contributed by atoms with E-state index < -0.39 is 11.7 Å². The third-order valence-corrected chi connectivity index (χ3v) is 4.82. The number of benzene rings is 2. The van der Waals surface area contributed by atoms with Crippen LogP contribution in [-0.4, -0.2) is 29.2 Å². The Labute approximate surface area is 170 Å². The van der Waals surface area contributed by atoms with Crippen LogP contribution in [0.5, 0.6) is 5.75 Å². The monoisotopic (exact) mass is 417 g/mol. The van der Waals surface area contributed by atoms with Gasteiger partial charge in [0.2, 0.25) is 17.6 Å². The van der Waals surface area contributed by atoms with Crippen molar-refractivity contribution in [3.8, 4) is 17.1 Å². The summed E-state index contributed by atoms with van der Waals surface area (Å²) in [5, 5.41) is 3.81. The predicted octanol–water partition coefficient (Wildman–Crippen LogP) is 4.67. The van der Waals surface area contributed by atoms with E-state index in [9.17, 15) is 18.0 Å². The Kier molecular flexibility index (Phi) is 5.19. The molecule has 1 aliphatic rings. The lowest BCUT2D eigenvalue weighted by atomic mass is 10.1. The number of amides is 1. The third-order valence-electron chi connectivity index (χ3n) is 4.82. The summed E-state index contributed by atoms with van der Waals surface area (Å²) < 4.78 is 49.5. The topological polar surface area (TPSA) is 68.5 Å². The van der Waals surface area contributed by atoms with Crippen LogP contribution < -0.4 is 9.64 Å². The maximum Gasteiger partial charge on any atom is 0.416 e. The Hall–Kier alpha value is -3.36. The second kappa shape index (κ2) is 7.81. The van der Waals surface area contributed by atoms with Gasteiger partial charge in [-0.1, -0.05) is 17.3 Å². The number of ether oxygens (including phenoxy) is 1. The fourth-order valence-corrected chi connectivity index (χ4v) is 3.36. The minimum absolute atomic E-state index is 0.0584. The van der Waals surface area contributed by atoms with Gasteiger partial charge >= 0.3 is 6.18 Å². The summed E-state index contributed by atoms with van der Waals surface area (Å²) in [5.41, 5.74) is 0.139. The van der Waals surface area contributed by atoms with Crippen LogP contribution in [0.25, 0.3) is 11.4 Å². The molecule has 2 aromatic carbocycles. The van der Waals surface area contributed by atoms with Crippen molar-refractivity contribution in [2.24, 2.45) is 0 Å². The zero-order chi connectivity index (χ0) is 21.3. The maximum absolute atomic E-state index is 12.9. The van der Waals surface area contributed by atoms with Gasteiger partial charge in [-0.2, -0.15) is 18.2 Å². The van der Waals surface area contributed by atoms with Crippen LogP contribution in [0.15, 0.2) is 53.1 Å². The first-order valence-electron chi connectivity index (χ1n) is 9.39. The van der Waals surface area contributed by atoms with Crippen molar-refractivity contribution in [3.63, 3.8) is 0 Å². The van der Waals surface area contributed by atoms with E-state index in [1.54, 1.807) is 29.2 Å². The molecule has 30 heavy (non-hydrogen) atoms. The molecule has 156 valence electrons. The SMILES string of the molecule is CCOc1ccc(N2CC(c3nc(-c4cccc(C(F)(F)F)c4)no3)CC2=O)cc1. The van der Waals surface area contributed by atoms with Crippen molar-refractivity contribution in [3.05, 3.63) is 60.0 Å². The molecule has 2 heterocycles. The molecule has 0 N–H and O–H groups in total. The summed E-state index contributed by atoms with van der Waals surface area (Å²) in [6, 6.07) is 11.9. The third kappa shape index (κ3) is 4.00. The van der Waals surface area contributed by atoms with Crippen molar-refractivity contribution in [2.45, 2.75) is 25.4 Å². The molecule has 4 rings (SSSR count). The van der Waals surface area contributed by atoms with Crippen molar-refractivity contribution >= 4 is 11.6 Å². The Morgan fingerprint density at radius 2 is 1.97 bits per heavy atom. The quantitative estimate of drug-likeness (QED) is 0.603. The normalized spacial score (nSPS) is 16.9. The number of halogens is 3. The molecule has 0 bridgehead atoms. The van der Waals surface area contributed by atoms with Gasteiger partial charge in [0.15, 0.2) is 0 Å². The molecule has 1 aliphatic heterocycles. The lowest BCUT2D eigenvalue weighted by Crippen LogP contribution is -2.24. The molecular formula is C21H18F3N3O3. The zero-order valence-electron chi connectivity index (χ0n) is 16.0. The molecule has 1 fully saturated rings. The predicted molar refractivity (Wildman–Crippen MR) is 102 cm³/mol. The van der Waals surface area contributed by atoms with Crippen LogP contribution in [0.1, 0.15) is 30.7 Å². The Morgan fingerprint density at radius 3 is 2.67 bits per heavy atom. The molecular weight excluding hydrogens is 399 g/mol. The zero-order valence-corrected chi connectivity index (χ0v) is 16.0. The number of hydrogen-bond acceptors (Lipinski definition) is 5. The molecule has 1 aromatic heterocycles. The standard InChI is InChI=1S/C21H18F3N3O3/c1-2-29-17-8-6-16(7-9-17)27-12-14(11-18(27)28)20-25-19(26-30-20)13-4-3-5-15(10-13)21(22,23)24/h3-10,14H,2,11-12H2,1H3. The molecule has 0 spiro atoms. The highest BCUT2D eigenvalue weighted by atomic mass is 19.4. The Morgan fingerprint density at radius 1 is 1.20 bits per heavy atom. The van der Waals surface area contributed by atoms with Gasteiger partial charge in [0.1, 0.15) is 5.75 Å². The average Bonchev–Trinajstić information content (AvgIpc) is 3.35. The number of carbonyl (C=O) groups is 1. The fourth-order valence-electron chi connectivity index (χ4n) is 3.36. The van der Waals surface area contributed by atoms with Crippen molar-refractivity contribution < 1.29 is 27.2 Å². The van der Waals surface area contributed by atoms with E-state index in [0.717, 1.165) is 17.8 Å². The molecule has 0 saturated carbocycles. The lowest BCUT2D eigenvalue weighted by molar-refractivity contribution is -0.137. The van der Waals surface area contributed by atoms with E-state index in [2.05, 4.69) is 10.1 Å². The number of alkyl halides is 3. The Bertz CT molecular complexity index is 1050. The van der Waals surface area contributed by atoms with E-state index in [-0.39, 0.29) is 35.5 Å². The summed E-state index contributed by atoms with van der Waals surface area (Å²) in [4.78, 5) is 18.3. The van der Waals surface area contributed by atoms with Gasteiger partial charge in [-0.25, -0.2) is 0 Å². The number of nitrogens with zero attached hydrogens (tertiary/aromatic N) is 3. The van der Waals surface area contributed by atoms with Crippen LogP contribution in [0.3, 0.4) is 0 Å². The summed E-state index contributed by atoms with van der Waals surface area (Å²) in [6.07, 6.45) is -4.28. The van der Waals surface area contributed by atoms with Crippen LogP contribution >= 0.6 is 0 Å². The van der Waals surface area contributed by atoms with E-state index in [1.807, 2.05) is 6.92 Å². The van der Waals surface area contributed by atoms with Crippen LogP contribution in [0.2, 0.25) is 0 Å². The van der Waals surface area contributed by atoms with E-state index in [1.165, 1.54) is 12.1 Å². The highest BCUT2D eigenvalue weighted by molar-refractivity contribution is 5.96. The Balaban J connectivity index is 1.51.